The van der Waals surface area contributed by atoms with Crippen molar-refractivity contribution in [2.24, 2.45) is 0 Å². The number of piperazine rings is 1. The third-order valence-electron chi connectivity index (χ3n) is 3.71. The summed E-state index contributed by atoms with van der Waals surface area (Å²) in [6.07, 6.45) is 0.954. The molecule has 2 fully saturated rings. The molecule has 0 amide bonds. The van der Waals surface area contributed by atoms with Crippen molar-refractivity contribution in [1.29, 1.82) is 0 Å². The van der Waals surface area contributed by atoms with Crippen LogP contribution in [0, 0.1) is 0 Å². The van der Waals surface area contributed by atoms with E-state index in [0.29, 0.717) is 11.4 Å². The minimum Gasteiger partial charge on any atom is -0.300 e. The molecule has 2 bridgehead atoms. The summed E-state index contributed by atoms with van der Waals surface area (Å²) >= 11 is 3.33. The van der Waals surface area contributed by atoms with Gasteiger partial charge in [-0.15, -0.1) is 0 Å². The van der Waals surface area contributed by atoms with E-state index in [4.69, 9.17) is 0 Å². The number of hydrogen-bond donors (Lipinski definition) is 0. The Labute approximate surface area is 116 Å². The molecule has 2 aliphatic heterocycles. The number of nitrogens with zero attached hydrogens (tertiary/aromatic N) is 2. The van der Waals surface area contributed by atoms with E-state index in [2.05, 4.69) is 20.8 Å². The fourth-order valence-electron chi connectivity index (χ4n) is 2.73. The zero-order valence-electron chi connectivity index (χ0n) is 9.92. The van der Waals surface area contributed by atoms with E-state index in [1.54, 1.807) is 28.6 Å². The summed E-state index contributed by atoms with van der Waals surface area (Å²) < 4.78 is 27.7. The fourth-order valence-corrected chi connectivity index (χ4v) is 4.63. The maximum atomic E-state index is 12.6. The summed E-state index contributed by atoms with van der Waals surface area (Å²) in [6.45, 7) is 3.38. The Kier molecular flexibility index (Phi) is 3.21. The summed E-state index contributed by atoms with van der Waals surface area (Å²) in [5, 5.41) is 0. The lowest BCUT2D eigenvalue weighted by molar-refractivity contribution is 0.213. The topological polar surface area (TPSA) is 40.6 Å². The second-order valence-electron chi connectivity index (χ2n) is 4.81. The first-order valence-electron chi connectivity index (χ1n) is 6.07. The van der Waals surface area contributed by atoms with Crippen LogP contribution in [0.25, 0.3) is 0 Å². The lowest BCUT2D eigenvalue weighted by Crippen LogP contribution is -2.49. The Morgan fingerprint density at radius 1 is 1.11 bits per heavy atom. The van der Waals surface area contributed by atoms with Crippen molar-refractivity contribution in [3.63, 3.8) is 0 Å². The molecule has 18 heavy (non-hydrogen) atoms. The molecule has 0 N–H and O–H groups in total. The SMILES string of the molecule is O=S(=O)(c1ccc(Br)cc1)N1CCN2CCC1C2. The van der Waals surface area contributed by atoms with Crippen molar-refractivity contribution in [3.8, 4) is 0 Å². The van der Waals surface area contributed by atoms with Crippen molar-refractivity contribution in [2.75, 3.05) is 26.2 Å². The average molecular weight is 331 g/mol. The lowest BCUT2D eigenvalue weighted by atomic mass is 10.2. The molecule has 0 aliphatic carbocycles. The second kappa shape index (κ2) is 4.59. The van der Waals surface area contributed by atoms with E-state index in [0.717, 1.165) is 30.5 Å². The van der Waals surface area contributed by atoms with Gasteiger partial charge in [0.2, 0.25) is 10.0 Å². The third kappa shape index (κ3) is 2.11. The van der Waals surface area contributed by atoms with Crippen molar-refractivity contribution >= 4 is 26.0 Å². The Morgan fingerprint density at radius 2 is 1.83 bits per heavy atom. The molecular formula is C12H15BrN2O2S. The van der Waals surface area contributed by atoms with Gasteiger partial charge in [0.25, 0.3) is 0 Å². The van der Waals surface area contributed by atoms with Crippen molar-refractivity contribution < 1.29 is 8.42 Å². The molecule has 1 aromatic carbocycles. The number of sulfonamides is 1. The third-order valence-corrected chi connectivity index (χ3v) is 6.21. The average Bonchev–Trinajstić information content (AvgIpc) is 2.71. The normalized spacial score (nSPS) is 28.5. The molecule has 2 atom stereocenters. The summed E-state index contributed by atoms with van der Waals surface area (Å²) in [4.78, 5) is 2.73. The highest BCUT2D eigenvalue weighted by Gasteiger charge is 2.39. The number of halogens is 1. The fraction of sp³-hybridized carbons (Fsp3) is 0.500. The Morgan fingerprint density at radius 3 is 2.56 bits per heavy atom. The lowest BCUT2D eigenvalue weighted by Gasteiger charge is -2.33. The zero-order chi connectivity index (χ0) is 12.8. The predicted molar refractivity (Wildman–Crippen MR) is 72.9 cm³/mol. The molecule has 0 spiro atoms. The molecule has 98 valence electrons. The molecular weight excluding hydrogens is 316 g/mol. The molecule has 2 unspecified atom stereocenters. The van der Waals surface area contributed by atoms with Gasteiger partial charge in [0, 0.05) is 30.1 Å². The van der Waals surface area contributed by atoms with Gasteiger partial charge in [0.1, 0.15) is 0 Å². The zero-order valence-corrected chi connectivity index (χ0v) is 12.3. The van der Waals surface area contributed by atoms with E-state index < -0.39 is 10.0 Å². The second-order valence-corrected chi connectivity index (χ2v) is 7.62. The first-order chi connectivity index (χ1) is 8.57. The van der Waals surface area contributed by atoms with Crippen LogP contribution in [0.15, 0.2) is 33.6 Å². The molecule has 1 aromatic rings. The van der Waals surface area contributed by atoms with Gasteiger partial charge in [0.15, 0.2) is 0 Å². The maximum absolute atomic E-state index is 12.6. The summed E-state index contributed by atoms with van der Waals surface area (Å²) in [5.41, 5.74) is 0. The van der Waals surface area contributed by atoms with Gasteiger partial charge in [-0.3, -0.25) is 0 Å². The Hall–Kier alpha value is -0.430. The maximum Gasteiger partial charge on any atom is 0.243 e. The van der Waals surface area contributed by atoms with Gasteiger partial charge in [-0.05, 0) is 37.2 Å². The van der Waals surface area contributed by atoms with Gasteiger partial charge in [-0.25, -0.2) is 8.42 Å². The van der Waals surface area contributed by atoms with E-state index in [-0.39, 0.29) is 6.04 Å². The standard InChI is InChI=1S/C12H15BrN2O2S/c13-10-1-3-12(4-2-10)18(16,17)15-8-7-14-6-5-11(15)9-14/h1-4,11H,5-9H2. The van der Waals surface area contributed by atoms with Crippen LogP contribution < -0.4 is 0 Å². The van der Waals surface area contributed by atoms with Crippen molar-refractivity contribution in [1.82, 2.24) is 9.21 Å². The quantitative estimate of drug-likeness (QED) is 0.825. The minimum absolute atomic E-state index is 0.160. The van der Waals surface area contributed by atoms with Crippen LogP contribution in [0.3, 0.4) is 0 Å². The first kappa shape index (κ1) is 12.6. The van der Waals surface area contributed by atoms with Crippen LogP contribution in [-0.4, -0.2) is 49.8 Å². The molecule has 6 heteroatoms. The number of benzene rings is 1. The number of rotatable bonds is 2. The van der Waals surface area contributed by atoms with Crippen molar-refractivity contribution in [2.45, 2.75) is 17.4 Å². The largest absolute Gasteiger partial charge is 0.300 e. The number of fused-ring (bicyclic) bond motifs is 2. The van der Waals surface area contributed by atoms with Gasteiger partial charge in [0.05, 0.1) is 4.90 Å². The monoisotopic (exact) mass is 330 g/mol. The van der Waals surface area contributed by atoms with E-state index in [9.17, 15) is 8.42 Å². The molecule has 2 heterocycles. The van der Waals surface area contributed by atoms with Crippen LogP contribution >= 0.6 is 15.9 Å². The summed E-state index contributed by atoms with van der Waals surface area (Å²) in [7, 11) is -3.33. The number of hydrogen-bond acceptors (Lipinski definition) is 3. The van der Waals surface area contributed by atoms with Gasteiger partial charge < -0.3 is 4.90 Å². The highest BCUT2D eigenvalue weighted by Crippen LogP contribution is 2.27. The Balaban J connectivity index is 1.92. The summed E-state index contributed by atoms with van der Waals surface area (Å²) in [5.74, 6) is 0. The van der Waals surface area contributed by atoms with Gasteiger partial charge in [-0.2, -0.15) is 4.31 Å². The minimum atomic E-state index is -3.33. The highest BCUT2D eigenvalue weighted by atomic mass is 79.9. The van der Waals surface area contributed by atoms with E-state index in [1.807, 2.05) is 0 Å². The van der Waals surface area contributed by atoms with Crippen LogP contribution in [0.5, 0.6) is 0 Å². The molecule has 3 rings (SSSR count). The molecule has 4 nitrogen and oxygen atoms in total. The molecule has 0 radical (unpaired) electrons. The van der Waals surface area contributed by atoms with Crippen LogP contribution in [0.2, 0.25) is 0 Å². The molecule has 0 aromatic heterocycles. The van der Waals surface area contributed by atoms with Gasteiger partial charge in [-0.1, -0.05) is 15.9 Å². The first-order valence-corrected chi connectivity index (χ1v) is 8.30. The van der Waals surface area contributed by atoms with Crippen LogP contribution in [0.1, 0.15) is 6.42 Å². The van der Waals surface area contributed by atoms with Crippen molar-refractivity contribution in [3.05, 3.63) is 28.7 Å². The smallest absolute Gasteiger partial charge is 0.243 e. The molecule has 2 aliphatic rings. The predicted octanol–water partition coefficient (Wildman–Crippen LogP) is 1.53. The highest BCUT2D eigenvalue weighted by molar-refractivity contribution is 9.10. The van der Waals surface area contributed by atoms with Gasteiger partial charge >= 0.3 is 0 Å². The van der Waals surface area contributed by atoms with E-state index in [1.165, 1.54) is 0 Å². The molecule has 0 saturated carbocycles. The van der Waals surface area contributed by atoms with Crippen LogP contribution in [-0.2, 0) is 10.0 Å². The summed E-state index contributed by atoms with van der Waals surface area (Å²) in [6, 6.07) is 7.05. The van der Waals surface area contributed by atoms with E-state index >= 15 is 0 Å². The van der Waals surface area contributed by atoms with Crippen LogP contribution in [0.4, 0.5) is 0 Å². The molecule has 2 saturated heterocycles. The Bertz CT molecular complexity index is 544.